The summed E-state index contributed by atoms with van der Waals surface area (Å²) in [5.74, 6) is 6.64. The molecule has 0 aliphatic rings. The van der Waals surface area contributed by atoms with E-state index in [4.69, 9.17) is 5.84 Å². The molecule has 0 bridgehead atoms. The first-order chi connectivity index (χ1) is 13.8. The second-order valence-corrected chi connectivity index (χ2v) is 8.33. The van der Waals surface area contributed by atoms with Gasteiger partial charge in [0, 0.05) is 6.42 Å². The van der Waals surface area contributed by atoms with E-state index >= 15 is 0 Å². The van der Waals surface area contributed by atoms with E-state index < -0.39 is 5.54 Å². The number of hydrogen-bond donors (Lipinski definition) is 2. The number of amides is 1. The second-order valence-electron chi connectivity index (χ2n) is 7.39. The lowest BCUT2D eigenvalue weighted by molar-refractivity contribution is -0.120. The molecule has 150 valence electrons. The Kier molecular flexibility index (Phi) is 6.09. The van der Waals surface area contributed by atoms with Crippen LogP contribution in [-0.2, 0) is 11.2 Å². The third-order valence-electron chi connectivity index (χ3n) is 5.08. The van der Waals surface area contributed by atoms with Crippen molar-refractivity contribution in [1.29, 1.82) is 5.26 Å². The predicted octanol–water partition coefficient (Wildman–Crippen LogP) is 2.88. The van der Waals surface area contributed by atoms with Gasteiger partial charge in [-0.25, -0.2) is 4.68 Å². The molecule has 2 aromatic carbocycles. The van der Waals surface area contributed by atoms with Crippen LogP contribution in [-0.4, -0.2) is 32.1 Å². The number of carbonyl (C=O) groups excluding carboxylic acids is 1. The summed E-state index contributed by atoms with van der Waals surface area (Å²) in [7, 11) is 0. The summed E-state index contributed by atoms with van der Waals surface area (Å²) in [6.07, 6.45) is 0.539. The number of thioether (sulfide) groups is 1. The third kappa shape index (κ3) is 4.51. The van der Waals surface area contributed by atoms with E-state index in [1.807, 2.05) is 38.1 Å². The van der Waals surface area contributed by atoms with Crippen molar-refractivity contribution in [3.8, 4) is 6.07 Å². The molecule has 0 saturated carbocycles. The SMILES string of the molecule is CC(C)[C@](C)(C#N)NC(=O)CSc1nnc(Cc2cccc3ccccc23)n1N. The van der Waals surface area contributed by atoms with Gasteiger partial charge in [0.2, 0.25) is 11.1 Å². The van der Waals surface area contributed by atoms with Crippen molar-refractivity contribution < 1.29 is 4.79 Å². The third-order valence-corrected chi connectivity index (χ3v) is 6.03. The molecule has 0 saturated heterocycles. The molecule has 29 heavy (non-hydrogen) atoms. The Labute approximate surface area is 174 Å². The average Bonchev–Trinajstić information content (AvgIpc) is 3.06. The number of rotatable bonds is 7. The summed E-state index contributed by atoms with van der Waals surface area (Å²) in [5, 5.41) is 23.2. The molecule has 0 radical (unpaired) electrons. The van der Waals surface area contributed by atoms with Crippen molar-refractivity contribution in [2.24, 2.45) is 5.92 Å². The fourth-order valence-electron chi connectivity index (χ4n) is 2.90. The number of nitriles is 1. The van der Waals surface area contributed by atoms with Gasteiger partial charge in [-0.15, -0.1) is 10.2 Å². The first kappa shape index (κ1) is 20.7. The van der Waals surface area contributed by atoms with Crippen molar-refractivity contribution in [2.45, 2.75) is 37.9 Å². The Morgan fingerprint density at radius 2 is 2.00 bits per heavy atom. The van der Waals surface area contributed by atoms with Gasteiger partial charge in [0.1, 0.15) is 5.54 Å². The van der Waals surface area contributed by atoms with Crippen molar-refractivity contribution in [2.75, 3.05) is 11.6 Å². The van der Waals surface area contributed by atoms with Gasteiger partial charge in [0.25, 0.3) is 0 Å². The molecule has 1 aromatic heterocycles. The van der Waals surface area contributed by atoms with Crippen LogP contribution in [0.25, 0.3) is 10.8 Å². The van der Waals surface area contributed by atoms with E-state index in [0.717, 1.165) is 16.3 Å². The number of carbonyl (C=O) groups is 1. The number of hydrogen-bond acceptors (Lipinski definition) is 6. The summed E-state index contributed by atoms with van der Waals surface area (Å²) < 4.78 is 1.42. The average molecular weight is 409 g/mol. The van der Waals surface area contributed by atoms with Gasteiger partial charge in [-0.1, -0.05) is 68.1 Å². The lowest BCUT2D eigenvalue weighted by Crippen LogP contribution is -2.49. The number of nitrogens with two attached hydrogens (primary N) is 1. The number of aromatic nitrogens is 3. The van der Waals surface area contributed by atoms with E-state index in [1.54, 1.807) is 6.92 Å². The monoisotopic (exact) mass is 408 g/mol. The Morgan fingerprint density at radius 3 is 2.72 bits per heavy atom. The normalized spacial score (nSPS) is 13.2. The van der Waals surface area contributed by atoms with E-state index in [0.29, 0.717) is 17.4 Å². The molecule has 3 rings (SSSR count). The molecule has 3 aromatic rings. The molecular weight excluding hydrogens is 384 g/mol. The van der Waals surface area contributed by atoms with Crippen molar-refractivity contribution in [3.05, 3.63) is 53.9 Å². The molecule has 0 fully saturated rings. The summed E-state index contributed by atoms with van der Waals surface area (Å²) in [5.41, 5.74) is 0.200. The maximum absolute atomic E-state index is 12.3. The molecule has 0 aliphatic heterocycles. The van der Waals surface area contributed by atoms with E-state index in [2.05, 4.69) is 39.8 Å². The topological polar surface area (TPSA) is 110 Å². The van der Waals surface area contributed by atoms with Gasteiger partial charge in [-0.3, -0.25) is 4.79 Å². The zero-order chi connectivity index (χ0) is 21.0. The quantitative estimate of drug-likeness (QED) is 0.459. The molecule has 7 nitrogen and oxygen atoms in total. The van der Waals surface area contributed by atoms with Crippen LogP contribution in [0.1, 0.15) is 32.2 Å². The van der Waals surface area contributed by atoms with Crippen LogP contribution >= 0.6 is 11.8 Å². The van der Waals surface area contributed by atoms with E-state index in [-0.39, 0.29) is 17.6 Å². The smallest absolute Gasteiger partial charge is 0.231 e. The highest BCUT2D eigenvalue weighted by molar-refractivity contribution is 7.99. The van der Waals surface area contributed by atoms with Gasteiger partial charge in [0.05, 0.1) is 11.8 Å². The van der Waals surface area contributed by atoms with Gasteiger partial charge < -0.3 is 11.2 Å². The lowest BCUT2D eigenvalue weighted by Gasteiger charge is -2.27. The number of nitrogen functional groups attached to an aromatic ring is 1. The number of benzene rings is 2. The van der Waals surface area contributed by atoms with Crippen molar-refractivity contribution >= 4 is 28.4 Å². The fraction of sp³-hybridized carbons (Fsp3) is 0.333. The minimum atomic E-state index is -0.909. The summed E-state index contributed by atoms with van der Waals surface area (Å²) in [6.45, 7) is 5.51. The first-order valence-corrected chi connectivity index (χ1v) is 10.3. The predicted molar refractivity (Wildman–Crippen MR) is 115 cm³/mol. The van der Waals surface area contributed by atoms with Gasteiger partial charge >= 0.3 is 0 Å². The van der Waals surface area contributed by atoms with Gasteiger partial charge in [-0.2, -0.15) is 5.26 Å². The van der Waals surface area contributed by atoms with Crippen LogP contribution in [0.3, 0.4) is 0 Å². The van der Waals surface area contributed by atoms with Crippen LogP contribution in [0, 0.1) is 17.2 Å². The maximum Gasteiger partial charge on any atom is 0.231 e. The Hall–Kier alpha value is -3.05. The second kappa shape index (κ2) is 8.53. The minimum Gasteiger partial charge on any atom is -0.337 e. The van der Waals surface area contributed by atoms with Crippen LogP contribution in [0.2, 0.25) is 0 Å². The Morgan fingerprint density at radius 1 is 1.28 bits per heavy atom. The maximum atomic E-state index is 12.3. The largest absolute Gasteiger partial charge is 0.337 e. The minimum absolute atomic E-state index is 0.00749. The Balaban J connectivity index is 1.68. The molecule has 1 amide bonds. The highest BCUT2D eigenvalue weighted by Gasteiger charge is 2.30. The van der Waals surface area contributed by atoms with Crippen LogP contribution in [0.4, 0.5) is 0 Å². The van der Waals surface area contributed by atoms with Gasteiger partial charge in [0.15, 0.2) is 5.82 Å². The zero-order valence-corrected chi connectivity index (χ0v) is 17.5. The summed E-state index contributed by atoms with van der Waals surface area (Å²) >= 11 is 1.20. The van der Waals surface area contributed by atoms with Crippen molar-refractivity contribution in [3.63, 3.8) is 0 Å². The molecule has 0 aliphatic carbocycles. The number of fused-ring (bicyclic) bond motifs is 1. The highest BCUT2D eigenvalue weighted by atomic mass is 32.2. The fourth-order valence-corrected chi connectivity index (χ4v) is 3.58. The summed E-state index contributed by atoms with van der Waals surface area (Å²) in [4.78, 5) is 12.3. The first-order valence-electron chi connectivity index (χ1n) is 9.35. The van der Waals surface area contributed by atoms with Crippen LogP contribution in [0.15, 0.2) is 47.6 Å². The standard InChI is InChI=1S/C21H24N6OS/c1-14(2)21(3,13-22)24-19(28)12-29-20-26-25-18(27(20)23)11-16-9-6-8-15-7-4-5-10-17(15)16/h4-10,14H,11-12,23H2,1-3H3,(H,24,28)/t21-/m0/s1. The van der Waals surface area contributed by atoms with Crippen LogP contribution < -0.4 is 11.2 Å². The molecule has 8 heteroatoms. The summed E-state index contributed by atoms with van der Waals surface area (Å²) in [6, 6.07) is 16.4. The van der Waals surface area contributed by atoms with E-state index in [9.17, 15) is 10.1 Å². The van der Waals surface area contributed by atoms with Crippen molar-refractivity contribution in [1.82, 2.24) is 20.2 Å². The molecule has 1 atom stereocenters. The zero-order valence-electron chi connectivity index (χ0n) is 16.7. The lowest BCUT2D eigenvalue weighted by atomic mass is 9.90. The molecule has 1 heterocycles. The van der Waals surface area contributed by atoms with E-state index in [1.165, 1.54) is 16.4 Å². The molecular formula is C21H24N6OS. The Bertz CT molecular complexity index is 1070. The van der Waals surface area contributed by atoms with Crippen LogP contribution in [0.5, 0.6) is 0 Å². The molecule has 0 spiro atoms. The molecule has 0 unspecified atom stereocenters. The number of nitrogens with zero attached hydrogens (tertiary/aromatic N) is 4. The van der Waals surface area contributed by atoms with Gasteiger partial charge in [-0.05, 0) is 29.2 Å². The highest BCUT2D eigenvalue weighted by Crippen LogP contribution is 2.22. The molecule has 3 N–H and O–H groups in total. The number of nitrogens with one attached hydrogen (secondary N) is 1.